The normalized spacial score (nSPS) is 19.4. The lowest BCUT2D eigenvalue weighted by Gasteiger charge is -2.33. The third kappa shape index (κ3) is 6.72. The highest BCUT2D eigenvalue weighted by molar-refractivity contribution is 7.13. The van der Waals surface area contributed by atoms with E-state index in [0.29, 0.717) is 36.6 Å². The molecule has 3 N–H and O–H groups in total. The number of piperidine rings is 1. The molecule has 2 fully saturated rings. The molecule has 10 heteroatoms. The highest BCUT2D eigenvalue weighted by Gasteiger charge is 2.33. The number of benzene rings is 1. The average Bonchev–Trinajstić information content (AvgIpc) is 3.49. The number of nitrogens with zero attached hydrogens (tertiary/aromatic N) is 2. The summed E-state index contributed by atoms with van der Waals surface area (Å²) in [6, 6.07) is 8.60. The van der Waals surface area contributed by atoms with Crippen molar-refractivity contribution in [3.63, 3.8) is 0 Å². The van der Waals surface area contributed by atoms with Gasteiger partial charge >= 0.3 is 6.03 Å². The number of unbranched alkanes of at least 4 members (excludes halogenated alkanes) is 1. The molecular weight excluding hydrogens is 502 g/mol. The maximum atomic E-state index is 13.3. The first kappa shape index (κ1) is 27.6. The molecule has 2 aliphatic heterocycles. The van der Waals surface area contributed by atoms with Crippen molar-refractivity contribution in [3.05, 3.63) is 51.2 Å². The van der Waals surface area contributed by atoms with Gasteiger partial charge in [0.05, 0.1) is 10.9 Å². The molecule has 2 atom stereocenters. The molecule has 9 nitrogen and oxygen atoms in total. The van der Waals surface area contributed by atoms with Crippen molar-refractivity contribution in [2.75, 3.05) is 31.1 Å². The van der Waals surface area contributed by atoms with Crippen LogP contribution in [0.3, 0.4) is 0 Å². The first-order valence-corrected chi connectivity index (χ1v) is 14.2. The first-order valence-electron chi connectivity index (χ1n) is 13.4. The van der Waals surface area contributed by atoms with E-state index in [4.69, 9.17) is 0 Å². The number of aryl methyl sites for hydroxylation is 2. The van der Waals surface area contributed by atoms with Gasteiger partial charge in [-0.3, -0.25) is 14.4 Å². The van der Waals surface area contributed by atoms with Gasteiger partial charge < -0.3 is 25.8 Å². The average molecular weight is 540 g/mol. The van der Waals surface area contributed by atoms with Crippen molar-refractivity contribution in [1.29, 1.82) is 0 Å². The van der Waals surface area contributed by atoms with Crippen LogP contribution < -0.4 is 20.9 Å². The van der Waals surface area contributed by atoms with Crippen LogP contribution in [0.15, 0.2) is 30.3 Å². The summed E-state index contributed by atoms with van der Waals surface area (Å²) in [5, 5.41) is 8.83. The number of hydrogen-bond donors (Lipinski definition) is 3. The van der Waals surface area contributed by atoms with Gasteiger partial charge in [-0.15, -0.1) is 11.3 Å². The van der Waals surface area contributed by atoms with E-state index in [1.165, 1.54) is 11.3 Å². The van der Waals surface area contributed by atoms with Crippen molar-refractivity contribution in [3.8, 4) is 0 Å². The van der Waals surface area contributed by atoms with Gasteiger partial charge in [0.15, 0.2) is 0 Å². The van der Waals surface area contributed by atoms with E-state index < -0.39 is 0 Å². The third-order valence-corrected chi connectivity index (χ3v) is 8.04. The Labute approximate surface area is 228 Å². The molecule has 204 valence electrons. The fourth-order valence-electron chi connectivity index (χ4n) is 4.99. The molecule has 2 unspecified atom stereocenters. The number of hydrogen-bond acceptors (Lipinski definition) is 5. The van der Waals surface area contributed by atoms with Crippen LogP contribution in [-0.4, -0.2) is 66.9 Å². The van der Waals surface area contributed by atoms with Crippen LogP contribution in [0.25, 0.3) is 0 Å². The standard InChI is InChI=1S/C28H37N5O4S/c1-4-5-12-29-28(37)31-20-7-6-13-32(16-20)27(36)23-10-9-22(14-18(23)2)33-17-21(15-25(33)34)30-26(35)24-11-8-19(3)38-24/h8-11,14,20-21H,4-7,12-13,15-17H2,1-3H3,(H,30,35)(H2,29,31,37). The monoisotopic (exact) mass is 539 g/mol. The van der Waals surface area contributed by atoms with E-state index in [1.807, 2.05) is 26.0 Å². The molecule has 0 bridgehead atoms. The Kier molecular flexibility index (Phi) is 9.04. The van der Waals surface area contributed by atoms with Crippen LogP contribution in [0.2, 0.25) is 0 Å². The first-order chi connectivity index (χ1) is 18.2. The van der Waals surface area contributed by atoms with Crippen LogP contribution in [0.1, 0.15) is 69.5 Å². The van der Waals surface area contributed by atoms with E-state index in [1.54, 1.807) is 28.0 Å². The molecule has 38 heavy (non-hydrogen) atoms. The summed E-state index contributed by atoms with van der Waals surface area (Å²) in [6.07, 6.45) is 3.85. The number of rotatable bonds is 8. The fraction of sp³-hybridized carbons (Fsp3) is 0.500. The molecule has 0 aliphatic carbocycles. The summed E-state index contributed by atoms with van der Waals surface area (Å²) in [4.78, 5) is 55.9. The molecule has 2 aromatic rings. The Hall–Kier alpha value is -3.40. The minimum absolute atomic E-state index is 0.0571. The topological polar surface area (TPSA) is 111 Å². The van der Waals surface area contributed by atoms with Gasteiger partial charge in [0, 0.05) is 54.8 Å². The number of nitrogens with one attached hydrogen (secondary N) is 3. The number of anilines is 1. The van der Waals surface area contributed by atoms with E-state index in [2.05, 4.69) is 22.9 Å². The number of thiophene rings is 1. The molecule has 3 heterocycles. The van der Waals surface area contributed by atoms with Gasteiger partial charge in [-0.25, -0.2) is 4.79 Å². The third-order valence-electron chi connectivity index (χ3n) is 7.04. The zero-order valence-corrected chi connectivity index (χ0v) is 23.2. The van der Waals surface area contributed by atoms with Crippen molar-refractivity contribution < 1.29 is 19.2 Å². The van der Waals surface area contributed by atoms with Gasteiger partial charge in [-0.1, -0.05) is 13.3 Å². The second-order valence-corrected chi connectivity index (χ2v) is 11.4. The minimum Gasteiger partial charge on any atom is -0.346 e. The van der Waals surface area contributed by atoms with Crippen molar-refractivity contribution in [2.24, 2.45) is 0 Å². The smallest absolute Gasteiger partial charge is 0.315 e. The second kappa shape index (κ2) is 12.4. The van der Waals surface area contributed by atoms with Crippen LogP contribution in [0, 0.1) is 13.8 Å². The Balaban J connectivity index is 1.35. The number of carbonyl (C=O) groups excluding carboxylic acids is 4. The van der Waals surface area contributed by atoms with Crippen LogP contribution in [0.5, 0.6) is 0 Å². The predicted octanol–water partition coefficient (Wildman–Crippen LogP) is 3.60. The largest absolute Gasteiger partial charge is 0.346 e. The van der Waals surface area contributed by atoms with Gasteiger partial charge in [-0.2, -0.15) is 0 Å². The Morgan fingerprint density at radius 1 is 1.05 bits per heavy atom. The summed E-state index contributed by atoms with van der Waals surface area (Å²) in [6.45, 7) is 8.05. The molecule has 1 aromatic carbocycles. The Bertz CT molecular complexity index is 1200. The molecule has 0 saturated carbocycles. The van der Waals surface area contributed by atoms with Crippen LogP contribution in [-0.2, 0) is 4.79 Å². The maximum Gasteiger partial charge on any atom is 0.315 e. The van der Waals surface area contributed by atoms with E-state index in [9.17, 15) is 19.2 Å². The highest BCUT2D eigenvalue weighted by Crippen LogP contribution is 2.26. The van der Waals surface area contributed by atoms with E-state index >= 15 is 0 Å². The lowest BCUT2D eigenvalue weighted by molar-refractivity contribution is -0.117. The molecule has 4 rings (SSSR count). The summed E-state index contributed by atoms with van der Waals surface area (Å²) in [7, 11) is 0. The van der Waals surface area contributed by atoms with Crippen molar-refractivity contribution in [2.45, 2.75) is 65.0 Å². The SMILES string of the molecule is CCCCNC(=O)NC1CCCN(C(=O)c2ccc(N3CC(NC(=O)c4ccc(C)s4)CC3=O)cc2C)C1. The van der Waals surface area contributed by atoms with E-state index in [-0.39, 0.29) is 42.3 Å². The molecule has 2 aliphatic rings. The lowest BCUT2D eigenvalue weighted by Crippen LogP contribution is -2.52. The Morgan fingerprint density at radius 2 is 1.87 bits per heavy atom. The van der Waals surface area contributed by atoms with Gasteiger partial charge in [0.2, 0.25) is 5.91 Å². The van der Waals surface area contributed by atoms with Gasteiger partial charge in [0.25, 0.3) is 11.8 Å². The van der Waals surface area contributed by atoms with Crippen molar-refractivity contribution in [1.82, 2.24) is 20.9 Å². The van der Waals surface area contributed by atoms with E-state index in [0.717, 1.165) is 41.8 Å². The summed E-state index contributed by atoms with van der Waals surface area (Å²) >= 11 is 1.43. The minimum atomic E-state index is -0.268. The summed E-state index contributed by atoms with van der Waals surface area (Å²) in [5.41, 5.74) is 2.09. The molecule has 1 aromatic heterocycles. The zero-order valence-electron chi connectivity index (χ0n) is 22.3. The quantitative estimate of drug-likeness (QED) is 0.445. The predicted molar refractivity (Wildman–Crippen MR) is 149 cm³/mol. The second-order valence-electron chi connectivity index (χ2n) is 10.1. The van der Waals surface area contributed by atoms with Crippen LogP contribution in [0.4, 0.5) is 10.5 Å². The van der Waals surface area contributed by atoms with Gasteiger partial charge in [0.1, 0.15) is 0 Å². The number of likely N-dealkylation sites (tertiary alicyclic amines) is 1. The van der Waals surface area contributed by atoms with Crippen LogP contribution >= 0.6 is 11.3 Å². The lowest BCUT2D eigenvalue weighted by atomic mass is 10.0. The molecule has 2 saturated heterocycles. The number of amides is 5. The summed E-state index contributed by atoms with van der Waals surface area (Å²) < 4.78 is 0. The zero-order chi connectivity index (χ0) is 27.2. The molecule has 0 spiro atoms. The number of carbonyl (C=O) groups is 4. The molecule has 5 amide bonds. The van der Waals surface area contributed by atoms with Crippen molar-refractivity contribution >= 4 is 40.8 Å². The molecule has 0 radical (unpaired) electrons. The molecular formula is C28H37N5O4S. The Morgan fingerprint density at radius 3 is 2.58 bits per heavy atom. The number of urea groups is 1. The highest BCUT2D eigenvalue weighted by atomic mass is 32.1. The van der Waals surface area contributed by atoms with Gasteiger partial charge in [-0.05, 0) is 69.0 Å². The fourth-order valence-corrected chi connectivity index (χ4v) is 5.76. The maximum absolute atomic E-state index is 13.3. The summed E-state index contributed by atoms with van der Waals surface area (Å²) in [5.74, 6) is -0.290.